The Hall–Kier alpha value is -1.13. The number of halogens is 1. The van der Waals surface area contributed by atoms with Crippen molar-refractivity contribution < 1.29 is 9.50 Å². The van der Waals surface area contributed by atoms with Gasteiger partial charge in [-0.25, -0.2) is 4.39 Å². The average molecular weight is 282 g/mol. The van der Waals surface area contributed by atoms with E-state index in [9.17, 15) is 4.39 Å². The second-order valence-corrected chi connectivity index (χ2v) is 5.24. The molecule has 4 heteroatoms. The molecule has 0 bridgehead atoms. The van der Waals surface area contributed by atoms with Gasteiger partial charge in [-0.15, -0.1) is 0 Å². The van der Waals surface area contributed by atoms with Gasteiger partial charge >= 0.3 is 0 Å². The maximum absolute atomic E-state index is 13.2. The SMILES string of the molecule is CCN(CC)CCCC(C)NCc1ccc(O)c(F)c1. The van der Waals surface area contributed by atoms with E-state index >= 15 is 0 Å². The molecule has 1 aromatic carbocycles. The van der Waals surface area contributed by atoms with Gasteiger partial charge in [-0.3, -0.25) is 0 Å². The second kappa shape index (κ2) is 8.93. The number of nitrogens with zero attached hydrogens (tertiary/aromatic N) is 1. The minimum absolute atomic E-state index is 0.291. The quantitative estimate of drug-likeness (QED) is 0.730. The molecule has 0 radical (unpaired) electrons. The van der Waals surface area contributed by atoms with Crippen molar-refractivity contribution in [2.24, 2.45) is 0 Å². The predicted molar refractivity (Wildman–Crippen MR) is 81.4 cm³/mol. The van der Waals surface area contributed by atoms with Gasteiger partial charge in [0.2, 0.25) is 0 Å². The smallest absolute Gasteiger partial charge is 0.165 e. The van der Waals surface area contributed by atoms with Crippen LogP contribution in [0.4, 0.5) is 4.39 Å². The molecule has 114 valence electrons. The number of hydrogen-bond acceptors (Lipinski definition) is 3. The Morgan fingerprint density at radius 1 is 1.30 bits per heavy atom. The second-order valence-electron chi connectivity index (χ2n) is 5.24. The predicted octanol–water partition coefficient (Wildman–Crippen LogP) is 3.13. The van der Waals surface area contributed by atoms with Crippen LogP contribution in [0.5, 0.6) is 5.75 Å². The molecule has 2 N–H and O–H groups in total. The summed E-state index contributed by atoms with van der Waals surface area (Å²) < 4.78 is 13.2. The first kappa shape index (κ1) is 16.9. The minimum atomic E-state index is -0.557. The largest absolute Gasteiger partial charge is 0.505 e. The average Bonchev–Trinajstić information content (AvgIpc) is 2.45. The van der Waals surface area contributed by atoms with Crippen LogP contribution in [0, 0.1) is 5.82 Å². The first-order chi connectivity index (χ1) is 9.56. The van der Waals surface area contributed by atoms with E-state index in [-0.39, 0.29) is 5.75 Å². The number of rotatable bonds is 9. The number of phenolic OH excluding ortho intramolecular Hbond substituents is 1. The topological polar surface area (TPSA) is 35.5 Å². The molecule has 0 saturated carbocycles. The molecule has 0 aliphatic carbocycles. The van der Waals surface area contributed by atoms with Crippen LogP contribution in [-0.2, 0) is 6.54 Å². The van der Waals surface area contributed by atoms with Gasteiger partial charge in [-0.2, -0.15) is 0 Å². The van der Waals surface area contributed by atoms with Gasteiger partial charge in [-0.05, 0) is 57.1 Å². The molecule has 3 nitrogen and oxygen atoms in total. The number of phenols is 1. The Morgan fingerprint density at radius 3 is 2.60 bits per heavy atom. The lowest BCUT2D eigenvalue weighted by Gasteiger charge is -2.19. The minimum Gasteiger partial charge on any atom is -0.505 e. The van der Waals surface area contributed by atoms with Crippen molar-refractivity contribution in [1.29, 1.82) is 0 Å². The highest BCUT2D eigenvalue weighted by Gasteiger charge is 2.05. The fourth-order valence-electron chi connectivity index (χ4n) is 2.22. The molecule has 0 aliphatic rings. The number of nitrogens with one attached hydrogen (secondary N) is 1. The number of benzene rings is 1. The van der Waals surface area contributed by atoms with Crippen LogP contribution in [0.15, 0.2) is 18.2 Å². The summed E-state index contributed by atoms with van der Waals surface area (Å²) in [6.45, 7) is 10.5. The summed E-state index contributed by atoms with van der Waals surface area (Å²) in [7, 11) is 0. The molecule has 0 heterocycles. The van der Waals surface area contributed by atoms with Gasteiger partial charge in [0.25, 0.3) is 0 Å². The first-order valence-electron chi connectivity index (χ1n) is 7.49. The number of hydrogen-bond donors (Lipinski definition) is 2. The highest BCUT2D eigenvalue weighted by molar-refractivity contribution is 5.27. The van der Waals surface area contributed by atoms with Crippen molar-refractivity contribution in [3.05, 3.63) is 29.6 Å². The highest BCUT2D eigenvalue weighted by Crippen LogP contribution is 2.16. The Balaban J connectivity index is 2.25. The third-order valence-corrected chi connectivity index (χ3v) is 3.67. The van der Waals surface area contributed by atoms with Gasteiger partial charge in [0.1, 0.15) is 0 Å². The van der Waals surface area contributed by atoms with E-state index < -0.39 is 5.82 Å². The van der Waals surface area contributed by atoms with E-state index in [4.69, 9.17) is 5.11 Å². The van der Waals surface area contributed by atoms with Crippen LogP contribution >= 0.6 is 0 Å². The summed E-state index contributed by atoms with van der Waals surface area (Å²) in [5, 5.41) is 12.5. The van der Waals surface area contributed by atoms with Gasteiger partial charge in [0, 0.05) is 12.6 Å². The van der Waals surface area contributed by atoms with Crippen molar-refractivity contribution in [3.8, 4) is 5.75 Å². The van der Waals surface area contributed by atoms with Crippen LogP contribution in [0.1, 0.15) is 39.2 Å². The van der Waals surface area contributed by atoms with E-state index in [2.05, 4.69) is 31.0 Å². The van der Waals surface area contributed by atoms with Crippen LogP contribution < -0.4 is 5.32 Å². The van der Waals surface area contributed by atoms with E-state index in [1.54, 1.807) is 6.07 Å². The van der Waals surface area contributed by atoms with E-state index in [0.717, 1.165) is 31.6 Å². The molecule has 0 fully saturated rings. The molecule has 0 spiro atoms. The van der Waals surface area contributed by atoms with Crippen molar-refractivity contribution >= 4 is 0 Å². The standard InChI is InChI=1S/C16H27FN2O/c1-4-19(5-2)10-6-7-13(3)18-12-14-8-9-16(20)15(17)11-14/h8-9,11,13,18,20H,4-7,10,12H2,1-3H3. The number of aromatic hydroxyl groups is 1. The maximum Gasteiger partial charge on any atom is 0.165 e. The van der Waals surface area contributed by atoms with Crippen molar-refractivity contribution in [3.63, 3.8) is 0 Å². The van der Waals surface area contributed by atoms with E-state index in [0.29, 0.717) is 12.6 Å². The lowest BCUT2D eigenvalue weighted by atomic mass is 10.1. The fourth-order valence-corrected chi connectivity index (χ4v) is 2.22. The molecular weight excluding hydrogens is 255 g/mol. The molecule has 20 heavy (non-hydrogen) atoms. The summed E-state index contributed by atoms with van der Waals surface area (Å²) in [4.78, 5) is 2.42. The zero-order valence-corrected chi connectivity index (χ0v) is 12.8. The fraction of sp³-hybridized carbons (Fsp3) is 0.625. The lowest BCUT2D eigenvalue weighted by molar-refractivity contribution is 0.290. The van der Waals surface area contributed by atoms with Crippen molar-refractivity contribution in [1.82, 2.24) is 10.2 Å². The molecule has 0 saturated heterocycles. The van der Waals surface area contributed by atoms with Crippen LogP contribution in [-0.4, -0.2) is 35.7 Å². The van der Waals surface area contributed by atoms with E-state index in [1.165, 1.54) is 18.6 Å². The molecule has 0 amide bonds. The Kier molecular flexibility index (Phi) is 7.55. The van der Waals surface area contributed by atoms with Gasteiger partial charge in [-0.1, -0.05) is 19.9 Å². The third kappa shape index (κ3) is 5.88. The molecule has 1 atom stereocenters. The molecule has 1 rings (SSSR count). The molecule has 1 unspecified atom stereocenters. The van der Waals surface area contributed by atoms with Crippen molar-refractivity contribution in [2.75, 3.05) is 19.6 Å². The van der Waals surface area contributed by atoms with Crippen LogP contribution in [0.25, 0.3) is 0 Å². The summed E-state index contributed by atoms with van der Waals surface area (Å²) in [5.74, 6) is -0.848. The Morgan fingerprint density at radius 2 is 2.00 bits per heavy atom. The molecule has 0 aliphatic heterocycles. The van der Waals surface area contributed by atoms with Gasteiger partial charge < -0.3 is 15.3 Å². The Bertz CT molecular complexity index is 394. The van der Waals surface area contributed by atoms with Gasteiger partial charge in [0.15, 0.2) is 11.6 Å². The highest BCUT2D eigenvalue weighted by atomic mass is 19.1. The normalized spacial score (nSPS) is 12.8. The molecular formula is C16H27FN2O. The molecule has 0 aromatic heterocycles. The van der Waals surface area contributed by atoms with Gasteiger partial charge in [0.05, 0.1) is 0 Å². The lowest BCUT2D eigenvalue weighted by Crippen LogP contribution is -2.28. The monoisotopic (exact) mass is 282 g/mol. The van der Waals surface area contributed by atoms with E-state index in [1.807, 2.05) is 0 Å². The Labute approximate surface area is 121 Å². The summed E-state index contributed by atoms with van der Waals surface area (Å²) in [6, 6.07) is 4.93. The third-order valence-electron chi connectivity index (χ3n) is 3.67. The summed E-state index contributed by atoms with van der Waals surface area (Å²) in [6.07, 6.45) is 2.27. The first-order valence-corrected chi connectivity index (χ1v) is 7.49. The van der Waals surface area contributed by atoms with Crippen LogP contribution in [0.2, 0.25) is 0 Å². The van der Waals surface area contributed by atoms with Crippen LogP contribution in [0.3, 0.4) is 0 Å². The zero-order valence-electron chi connectivity index (χ0n) is 12.8. The molecule has 1 aromatic rings. The zero-order chi connectivity index (χ0) is 15.0. The van der Waals surface area contributed by atoms with Crippen molar-refractivity contribution in [2.45, 2.75) is 46.2 Å². The summed E-state index contributed by atoms with van der Waals surface area (Å²) >= 11 is 0. The summed E-state index contributed by atoms with van der Waals surface area (Å²) in [5.41, 5.74) is 0.857. The maximum atomic E-state index is 13.2.